The molecule has 2 N–H and O–H groups in total. The van der Waals surface area contributed by atoms with Crippen LogP contribution < -0.4 is 5.32 Å². The standard InChI is InChI=1S/C15H20FNO4/c1-10(8-11-6-4-5-7-12(11)16)13(18)17-15(2,9-21-3)14(19)20/h4-7,10H,8-9H2,1-3H3,(H,17,18)(H,19,20). The molecule has 0 saturated carbocycles. The van der Waals surface area contributed by atoms with Gasteiger partial charge in [-0.05, 0) is 25.0 Å². The first kappa shape index (κ1) is 17.1. The number of carboxylic acid groups (broad SMARTS) is 1. The molecule has 2 unspecified atom stereocenters. The molecule has 1 aromatic rings. The maximum atomic E-state index is 13.6. The monoisotopic (exact) mass is 297 g/mol. The van der Waals surface area contributed by atoms with Crippen LogP contribution in [0.4, 0.5) is 4.39 Å². The number of ether oxygens (including phenoxy) is 1. The number of carbonyl (C=O) groups excluding carboxylic acids is 1. The Labute approximate surface area is 123 Å². The topological polar surface area (TPSA) is 75.6 Å². The lowest BCUT2D eigenvalue weighted by atomic mass is 9.97. The zero-order chi connectivity index (χ0) is 16.0. The van der Waals surface area contributed by atoms with Crippen LogP contribution in [0, 0.1) is 11.7 Å². The highest BCUT2D eigenvalue weighted by atomic mass is 19.1. The number of halogens is 1. The van der Waals surface area contributed by atoms with E-state index in [2.05, 4.69) is 5.32 Å². The van der Waals surface area contributed by atoms with Crippen molar-refractivity contribution in [2.75, 3.05) is 13.7 Å². The first-order chi connectivity index (χ1) is 9.80. The maximum Gasteiger partial charge on any atom is 0.331 e. The Morgan fingerprint density at radius 1 is 1.43 bits per heavy atom. The largest absolute Gasteiger partial charge is 0.479 e. The zero-order valence-electron chi connectivity index (χ0n) is 12.4. The summed E-state index contributed by atoms with van der Waals surface area (Å²) in [4.78, 5) is 23.3. The van der Waals surface area contributed by atoms with Crippen molar-refractivity contribution in [3.8, 4) is 0 Å². The summed E-state index contributed by atoms with van der Waals surface area (Å²) < 4.78 is 18.4. The van der Waals surface area contributed by atoms with Gasteiger partial charge in [-0.3, -0.25) is 4.79 Å². The van der Waals surface area contributed by atoms with Gasteiger partial charge in [0.1, 0.15) is 5.82 Å². The lowest BCUT2D eigenvalue weighted by Crippen LogP contribution is -2.56. The van der Waals surface area contributed by atoms with Crippen LogP contribution in [0.2, 0.25) is 0 Å². The van der Waals surface area contributed by atoms with E-state index in [1.807, 2.05) is 0 Å². The quantitative estimate of drug-likeness (QED) is 0.801. The highest BCUT2D eigenvalue weighted by molar-refractivity contribution is 5.87. The van der Waals surface area contributed by atoms with Gasteiger partial charge in [0.15, 0.2) is 5.54 Å². The van der Waals surface area contributed by atoms with Crippen LogP contribution in [-0.2, 0) is 20.7 Å². The fraction of sp³-hybridized carbons (Fsp3) is 0.467. The molecule has 0 aromatic heterocycles. The van der Waals surface area contributed by atoms with Gasteiger partial charge in [0.2, 0.25) is 5.91 Å². The van der Waals surface area contributed by atoms with Gasteiger partial charge >= 0.3 is 5.97 Å². The highest BCUT2D eigenvalue weighted by Gasteiger charge is 2.36. The summed E-state index contributed by atoms with van der Waals surface area (Å²) in [5.74, 6) is -2.58. The third-order valence-electron chi connectivity index (χ3n) is 3.24. The smallest absolute Gasteiger partial charge is 0.331 e. The number of amides is 1. The number of hydrogen-bond acceptors (Lipinski definition) is 3. The third-order valence-corrected chi connectivity index (χ3v) is 3.24. The van der Waals surface area contributed by atoms with E-state index in [1.54, 1.807) is 25.1 Å². The summed E-state index contributed by atoms with van der Waals surface area (Å²) in [5.41, 5.74) is -1.08. The van der Waals surface area contributed by atoms with Gasteiger partial charge in [0.05, 0.1) is 6.61 Å². The van der Waals surface area contributed by atoms with Crippen molar-refractivity contribution in [1.82, 2.24) is 5.32 Å². The number of nitrogens with one attached hydrogen (secondary N) is 1. The molecule has 1 aromatic carbocycles. The Kier molecular flexibility index (Phi) is 5.84. The Hall–Kier alpha value is -1.95. The van der Waals surface area contributed by atoms with Crippen molar-refractivity contribution in [1.29, 1.82) is 0 Å². The van der Waals surface area contributed by atoms with Crippen LogP contribution >= 0.6 is 0 Å². The molecule has 0 aliphatic heterocycles. The van der Waals surface area contributed by atoms with E-state index in [-0.39, 0.29) is 18.8 Å². The van der Waals surface area contributed by atoms with Crippen molar-refractivity contribution in [2.45, 2.75) is 25.8 Å². The second kappa shape index (κ2) is 7.17. The van der Waals surface area contributed by atoms with Gasteiger partial charge in [-0.1, -0.05) is 25.1 Å². The summed E-state index contributed by atoms with van der Waals surface area (Å²) in [6.07, 6.45) is 0.196. The van der Waals surface area contributed by atoms with Gasteiger partial charge in [-0.15, -0.1) is 0 Å². The molecule has 21 heavy (non-hydrogen) atoms. The first-order valence-corrected chi connectivity index (χ1v) is 6.58. The second-order valence-corrected chi connectivity index (χ2v) is 5.26. The molecule has 0 bridgehead atoms. The predicted molar refractivity (Wildman–Crippen MR) is 75.3 cm³/mol. The van der Waals surface area contributed by atoms with Crippen molar-refractivity contribution in [2.24, 2.45) is 5.92 Å². The van der Waals surface area contributed by atoms with Crippen LogP contribution in [0.1, 0.15) is 19.4 Å². The molecule has 0 heterocycles. The summed E-state index contributed by atoms with van der Waals surface area (Å²) in [7, 11) is 1.36. The first-order valence-electron chi connectivity index (χ1n) is 6.58. The molecule has 2 atom stereocenters. The molecule has 0 spiro atoms. The van der Waals surface area contributed by atoms with Gasteiger partial charge < -0.3 is 15.2 Å². The lowest BCUT2D eigenvalue weighted by Gasteiger charge is -2.27. The molecule has 0 radical (unpaired) electrons. The maximum absolute atomic E-state index is 13.6. The molecule has 1 rings (SSSR count). The highest BCUT2D eigenvalue weighted by Crippen LogP contribution is 2.14. The van der Waals surface area contributed by atoms with Crippen LogP contribution in [-0.4, -0.2) is 36.2 Å². The molecule has 0 aliphatic carbocycles. The number of methoxy groups -OCH3 is 1. The van der Waals surface area contributed by atoms with E-state index in [4.69, 9.17) is 4.74 Å². The van der Waals surface area contributed by atoms with Gasteiger partial charge in [0.25, 0.3) is 0 Å². The Bertz CT molecular complexity index is 520. The molecular weight excluding hydrogens is 277 g/mol. The number of carbonyl (C=O) groups is 2. The van der Waals surface area contributed by atoms with Crippen LogP contribution in [0.3, 0.4) is 0 Å². The average Bonchev–Trinajstić information content (AvgIpc) is 2.41. The molecule has 116 valence electrons. The van der Waals surface area contributed by atoms with Crippen molar-refractivity contribution in [3.05, 3.63) is 35.6 Å². The van der Waals surface area contributed by atoms with E-state index in [9.17, 15) is 19.1 Å². The summed E-state index contributed by atoms with van der Waals surface area (Å²) in [5, 5.41) is 11.6. The molecule has 6 heteroatoms. The molecule has 1 amide bonds. The van der Waals surface area contributed by atoms with E-state index < -0.39 is 23.3 Å². The SMILES string of the molecule is COCC(C)(NC(=O)C(C)Cc1ccccc1F)C(=O)O. The number of rotatable bonds is 7. The molecular formula is C15H20FNO4. The minimum absolute atomic E-state index is 0.152. The second-order valence-electron chi connectivity index (χ2n) is 5.26. The molecule has 5 nitrogen and oxygen atoms in total. The number of aliphatic carboxylic acids is 1. The number of hydrogen-bond donors (Lipinski definition) is 2. The van der Waals surface area contributed by atoms with Crippen LogP contribution in [0.25, 0.3) is 0 Å². The Balaban J connectivity index is 2.74. The van der Waals surface area contributed by atoms with E-state index in [0.29, 0.717) is 5.56 Å². The summed E-state index contributed by atoms with van der Waals surface area (Å²) in [6.45, 7) is 2.84. The van der Waals surface area contributed by atoms with Crippen molar-refractivity contribution < 1.29 is 23.8 Å². The zero-order valence-corrected chi connectivity index (χ0v) is 12.4. The molecule has 0 aliphatic rings. The fourth-order valence-corrected chi connectivity index (χ4v) is 1.92. The predicted octanol–water partition coefficient (Wildman–Crippen LogP) is 1.61. The normalized spacial score (nSPS) is 15.0. The fourth-order valence-electron chi connectivity index (χ4n) is 1.92. The lowest BCUT2D eigenvalue weighted by molar-refractivity contribution is -0.149. The number of benzene rings is 1. The number of carboxylic acids is 1. The summed E-state index contributed by atoms with van der Waals surface area (Å²) >= 11 is 0. The minimum Gasteiger partial charge on any atom is -0.479 e. The summed E-state index contributed by atoms with van der Waals surface area (Å²) in [6, 6.07) is 6.19. The Morgan fingerprint density at radius 2 is 2.05 bits per heavy atom. The van der Waals surface area contributed by atoms with Crippen LogP contribution in [0.5, 0.6) is 0 Å². The van der Waals surface area contributed by atoms with Gasteiger partial charge in [-0.2, -0.15) is 0 Å². The average molecular weight is 297 g/mol. The Morgan fingerprint density at radius 3 is 2.57 bits per heavy atom. The van der Waals surface area contributed by atoms with Crippen molar-refractivity contribution >= 4 is 11.9 Å². The van der Waals surface area contributed by atoms with E-state index in [1.165, 1.54) is 20.1 Å². The van der Waals surface area contributed by atoms with Crippen molar-refractivity contribution in [3.63, 3.8) is 0 Å². The van der Waals surface area contributed by atoms with E-state index in [0.717, 1.165) is 0 Å². The minimum atomic E-state index is -1.50. The molecule has 0 fully saturated rings. The van der Waals surface area contributed by atoms with Gasteiger partial charge in [0, 0.05) is 13.0 Å². The van der Waals surface area contributed by atoms with Gasteiger partial charge in [-0.25, -0.2) is 9.18 Å². The van der Waals surface area contributed by atoms with Crippen LogP contribution in [0.15, 0.2) is 24.3 Å². The third kappa shape index (κ3) is 4.53. The van der Waals surface area contributed by atoms with E-state index >= 15 is 0 Å². The molecule has 0 saturated heterocycles.